The van der Waals surface area contributed by atoms with Gasteiger partial charge < -0.3 is 13.9 Å². The molecule has 3 heterocycles. The number of hydrogen-bond donors (Lipinski definition) is 0. The van der Waals surface area contributed by atoms with Crippen LogP contribution >= 0.6 is 0 Å². The highest BCUT2D eigenvalue weighted by Gasteiger charge is 2.21. The lowest BCUT2D eigenvalue weighted by molar-refractivity contribution is 0.0588. The van der Waals surface area contributed by atoms with Crippen LogP contribution in [-0.4, -0.2) is 40.2 Å². The summed E-state index contributed by atoms with van der Waals surface area (Å²) >= 11 is 0. The SMILES string of the molecule is COc1ccc2nc(-c3ccc(-c4ccc(N(C)C(=O)OC(C)(C)C)nc4)cc3)cn2c1. The van der Waals surface area contributed by atoms with Gasteiger partial charge in [0.2, 0.25) is 0 Å². The average Bonchev–Trinajstić information content (AvgIpc) is 3.21. The van der Waals surface area contributed by atoms with Crippen LogP contribution in [0, 0.1) is 0 Å². The van der Waals surface area contributed by atoms with Crippen LogP contribution in [0.3, 0.4) is 0 Å². The van der Waals surface area contributed by atoms with Gasteiger partial charge in [0, 0.05) is 30.6 Å². The van der Waals surface area contributed by atoms with Crippen molar-refractivity contribution in [1.82, 2.24) is 14.4 Å². The topological polar surface area (TPSA) is 69.0 Å². The molecule has 7 heteroatoms. The van der Waals surface area contributed by atoms with Gasteiger partial charge in [-0.15, -0.1) is 0 Å². The molecule has 0 aliphatic carbocycles. The summed E-state index contributed by atoms with van der Waals surface area (Å²) in [4.78, 5) is 22.7. The van der Waals surface area contributed by atoms with Gasteiger partial charge in [-0.3, -0.25) is 4.90 Å². The van der Waals surface area contributed by atoms with Gasteiger partial charge >= 0.3 is 6.09 Å². The van der Waals surface area contributed by atoms with Crippen LogP contribution in [0.1, 0.15) is 20.8 Å². The van der Waals surface area contributed by atoms with E-state index in [1.807, 2.05) is 86.1 Å². The molecule has 164 valence electrons. The van der Waals surface area contributed by atoms with Crippen molar-refractivity contribution in [3.8, 4) is 28.1 Å². The van der Waals surface area contributed by atoms with E-state index < -0.39 is 11.7 Å². The Kier molecular flexibility index (Phi) is 5.57. The first-order chi connectivity index (χ1) is 15.2. The number of benzene rings is 1. The molecule has 0 bridgehead atoms. The smallest absolute Gasteiger partial charge is 0.415 e. The molecule has 3 aromatic heterocycles. The predicted molar refractivity (Wildman–Crippen MR) is 125 cm³/mol. The molecule has 1 amide bonds. The zero-order chi connectivity index (χ0) is 22.9. The maximum atomic E-state index is 12.2. The number of ether oxygens (including phenoxy) is 2. The highest BCUT2D eigenvalue weighted by molar-refractivity contribution is 5.86. The molecule has 4 aromatic rings. The van der Waals surface area contributed by atoms with Crippen LogP contribution in [-0.2, 0) is 4.74 Å². The molecule has 0 radical (unpaired) electrons. The van der Waals surface area contributed by atoms with E-state index in [1.54, 1.807) is 20.4 Å². The van der Waals surface area contributed by atoms with Crippen LogP contribution < -0.4 is 9.64 Å². The van der Waals surface area contributed by atoms with Crippen LogP contribution in [0.15, 0.2) is 67.1 Å². The summed E-state index contributed by atoms with van der Waals surface area (Å²) in [5.41, 5.74) is 4.19. The minimum Gasteiger partial charge on any atom is -0.495 e. The molecule has 0 unspecified atom stereocenters. The van der Waals surface area contributed by atoms with Crippen molar-refractivity contribution in [2.24, 2.45) is 0 Å². The van der Waals surface area contributed by atoms with Gasteiger partial charge in [-0.2, -0.15) is 0 Å². The monoisotopic (exact) mass is 430 g/mol. The summed E-state index contributed by atoms with van der Waals surface area (Å²) in [5, 5.41) is 0. The summed E-state index contributed by atoms with van der Waals surface area (Å²) < 4.78 is 12.6. The van der Waals surface area contributed by atoms with Gasteiger partial charge in [0.25, 0.3) is 0 Å². The van der Waals surface area contributed by atoms with Gasteiger partial charge in [0.05, 0.1) is 19.0 Å². The van der Waals surface area contributed by atoms with Crippen LogP contribution in [0.2, 0.25) is 0 Å². The Bertz CT molecular complexity index is 1240. The Hall–Kier alpha value is -3.87. The van der Waals surface area contributed by atoms with Crippen LogP contribution in [0.4, 0.5) is 10.6 Å². The summed E-state index contributed by atoms with van der Waals surface area (Å²) in [6.45, 7) is 5.51. The summed E-state index contributed by atoms with van der Waals surface area (Å²) in [6, 6.07) is 15.7. The van der Waals surface area contributed by atoms with E-state index in [0.29, 0.717) is 5.82 Å². The molecular weight excluding hydrogens is 404 g/mol. The highest BCUT2D eigenvalue weighted by Crippen LogP contribution is 2.26. The largest absolute Gasteiger partial charge is 0.495 e. The Balaban J connectivity index is 1.51. The molecule has 4 rings (SSSR count). The fraction of sp³-hybridized carbons (Fsp3) is 0.240. The average molecular weight is 431 g/mol. The van der Waals surface area contributed by atoms with E-state index in [2.05, 4.69) is 9.97 Å². The normalized spacial score (nSPS) is 11.4. The molecule has 0 spiro atoms. The number of hydrogen-bond acceptors (Lipinski definition) is 5. The fourth-order valence-electron chi connectivity index (χ4n) is 3.24. The Morgan fingerprint density at radius 1 is 0.938 bits per heavy atom. The minimum absolute atomic E-state index is 0.438. The van der Waals surface area contributed by atoms with Gasteiger partial charge in [0.1, 0.15) is 22.8 Å². The predicted octanol–water partition coefficient (Wildman–Crippen LogP) is 5.44. The van der Waals surface area contributed by atoms with Gasteiger partial charge in [-0.05, 0) is 50.6 Å². The van der Waals surface area contributed by atoms with Crippen molar-refractivity contribution in [1.29, 1.82) is 0 Å². The third-order valence-corrected chi connectivity index (χ3v) is 4.93. The molecule has 0 saturated carbocycles. The first-order valence-electron chi connectivity index (χ1n) is 10.3. The standard InChI is InChI=1S/C25H26N4O3/c1-25(2,3)32-24(30)28(4)22-12-10-19(14-26-22)17-6-8-18(9-7-17)21-16-29-15-20(31-5)11-13-23(29)27-21/h6-16H,1-5H3. The zero-order valence-electron chi connectivity index (χ0n) is 18.9. The van der Waals surface area contributed by atoms with Crippen molar-refractivity contribution in [2.75, 3.05) is 19.1 Å². The quantitative estimate of drug-likeness (QED) is 0.431. The van der Waals surface area contributed by atoms with E-state index in [9.17, 15) is 4.79 Å². The summed E-state index contributed by atoms with van der Waals surface area (Å²) in [6.07, 6.45) is 5.20. The third-order valence-electron chi connectivity index (χ3n) is 4.93. The number of carbonyl (C=O) groups excluding carboxylic acids is 1. The van der Waals surface area contributed by atoms with Crippen molar-refractivity contribution < 1.29 is 14.3 Å². The molecule has 0 fully saturated rings. The molecule has 1 aromatic carbocycles. The fourth-order valence-corrected chi connectivity index (χ4v) is 3.24. The van der Waals surface area contributed by atoms with E-state index in [-0.39, 0.29) is 0 Å². The Morgan fingerprint density at radius 2 is 1.62 bits per heavy atom. The number of imidazole rings is 1. The number of carbonyl (C=O) groups is 1. The molecule has 0 aliphatic heterocycles. The maximum Gasteiger partial charge on any atom is 0.415 e. The lowest BCUT2D eigenvalue weighted by Gasteiger charge is -2.24. The number of nitrogens with zero attached hydrogens (tertiary/aromatic N) is 4. The van der Waals surface area contributed by atoms with E-state index in [4.69, 9.17) is 9.47 Å². The molecule has 32 heavy (non-hydrogen) atoms. The number of pyridine rings is 2. The first kappa shape index (κ1) is 21.4. The number of aromatic nitrogens is 3. The molecule has 0 saturated heterocycles. The van der Waals surface area contributed by atoms with Gasteiger partial charge in [-0.25, -0.2) is 14.8 Å². The molecular formula is C25H26N4O3. The van der Waals surface area contributed by atoms with Crippen LogP contribution in [0.25, 0.3) is 28.0 Å². The number of anilines is 1. The van der Waals surface area contributed by atoms with Gasteiger partial charge in [0.15, 0.2) is 0 Å². The van der Waals surface area contributed by atoms with Gasteiger partial charge in [-0.1, -0.05) is 24.3 Å². The van der Waals surface area contributed by atoms with E-state index in [0.717, 1.165) is 33.8 Å². The second kappa shape index (κ2) is 8.34. The lowest BCUT2D eigenvalue weighted by atomic mass is 10.0. The number of methoxy groups -OCH3 is 1. The Labute approximate surface area is 187 Å². The summed E-state index contributed by atoms with van der Waals surface area (Å²) in [7, 11) is 3.30. The molecule has 7 nitrogen and oxygen atoms in total. The highest BCUT2D eigenvalue weighted by atomic mass is 16.6. The van der Waals surface area contributed by atoms with Crippen molar-refractivity contribution in [2.45, 2.75) is 26.4 Å². The molecule has 0 atom stereocenters. The second-order valence-corrected chi connectivity index (χ2v) is 8.48. The zero-order valence-corrected chi connectivity index (χ0v) is 18.9. The lowest BCUT2D eigenvalue weighted by Crippen LogP contribution is -2.34. The first-order valence-corrected chi connectivity index (χ1v) is 10.3. The maximum absolute atomic E-state index is 12.2. The Morgan fingerprint density at radius 3 is 2.25 bits per heavy atom. The number of amides is 1. The van der Waals surface area contributed by atoms with Crippen molar-refractivity contribution >= 4 is 17.6 Å². The minimum atomic E-state index is -0.556. The number of rotatable bonds is 4. The third kappa shape index (κ3) is 4.56. The molecule has 0 aliphatic rings. The van der Waals surface area contributed by atoms with E-state index in [1.165, 1.54) is 4.90 Å². The van der Waals surface area contributed by atoms with Crippen LogP contribution in [0.5, 0.6) is 5.75 Å². The number of fused-ring (bicyclic) bond motifs is 1. The van der Waals surface area contributed by atoms with Crippen molar-refractivity contribution in [3.63, 3.8) is 0 Å². The second-order valence-electron chi connectivity index (χ2n) is 8.48. The van der Waals surface area contributed by atoms with Crippen molar-refractivity contribution in [3.05, 3.63) is 67.1 Å². The molecule has 0 N–H and O–H groups in total. The summed E-state index contributed by atoms with van der Waals surface area (Å²) in [5.74, 6) is 1.31. The van der Waals surface area contributed by atoms with E-state index >= 15 is 0 Å².